The Hall–Kier alpha value is -0.830. The van der Waals surface area contributed by atoms with Crippen molar-refractivity contribution in [2.75, 3.05) is 6.54 Å². The fourth-order valence-corrected chi connectivity index (χ4v) is 5.60. The summed E-state index contributed by atoms with van der Waals surface area (Å²) in [6.45, 7) is 2.84. The molecule has 0 N–H and O–H groups in total. The Kier molecular flexibility index (Phi) is 2.28. The van der Waals surface area contributed by atoms with E-state index < -0.39 is 0 Å². The summed E-state index contributed by atoms with van der Waals surface area (Å²) in [5.74, 6) is 1.49. The largest absolute Gasteiger partial charge is 0.329 e. The lowest BCUT2D eigenvalue weighted by Gasteiger charge is -2.59. The average molecular weight is 280 g/mol. The predicted molar refractivity (Wildman–Crippen MR) is 71.8 cm³/mol. The van der Waals surface area contributed by atoms with Crippen molar-refractivity contribution in [1.82, 2.24) is 4.90 Å². The van der Waals surface area contributed by atoms with Crippen LogP contribution in [0.5, 0.6) is 0 Å². The third-order valence-corrected chi connectivity index (χ3v) is 6.27. The van der Waals surface area contributed by atoms with Gasteiger partial charge in [-0.1, -0.05) is 13.0 Å². The number of carbonyl (C=O) groups is 2. The lowest BCUT2D eigenvalue weighted by molar-refractivity contribution is -0.151. The highest BCUT2D eigenvalue weighted by molar-refractivity contribution is 6.35. The summed E-state index contributed by atoms with van der Waals surface area (Å²) in [4.78, 5) is 26.8. The first-order chi connectivity index (χ1) is 9.05. The van der Waals surface area contributed by atoms with Crippen LogP contribution in [0.4, 0.5) is 0 Å². The Morgan fingerprint density at radius 1 is 1.42 bits per heavy atom. The Bertz CT molecular complexity index is 514. The number of halogens is 1. The Morgan fingerprint density at radius 3 is 3.00 bits per heavy atom. The van der Waals surface area contributed by atoms with Gasteiger partial charge >= 0.3 is 0 Å². The van der Waals surface area contributed by atoms with Crippen molar-refractivity contribution < 1.29 is 9.59 Å². The number of hydrogen-bond donors (Lipinski definition) is 0. The minimum absolute atomic E-state index is 0.0898. The van der Waals surface area contributed by atoms with E-state index in [0.717, 1.165) is 24.8 Å². The molecule has 4 aliphatic rings. The zero-order chi connectivity index (χ0) is 13.4. The third-order valence-electron chi connectivity index (χ3n) is 5.75. The number of amides is 1. The molecule has 3 nitrogen and oxygen atoms in total. The Labute approximate surface area is 118 Å². The lowest BCUT2D eigenvalue weighted by atomic mass is 9.53. The van der Waals surface area contributed by atoms with Crippen LogP contribution in [0.3, 0.4) is 0 Å². The topological polar surface area (TPSA) is 37.4 Å². The molecule has 2 aliphatic heterocycles. The SMILES string of the molecule is CC1CC2C(Cl)C(=O)C3=CCN4C(=O)CCC2C34C1. The molecule has 5 unspecified atom stereocenters. The fraction of sp³-hybridized carbons (Fsp3) is 0.733. The Morgan fingerprint density at radius 2 is 2.21 bits per heavy atom. The van der Waals surface area contributed by atoms with Crippen molar-refractivity contribution in [3.8, 4) is 0 Å². The van der Waals surface area contributed by atoms with Gasteiger partial charge in [-0.05, 0) is 37.0 Å². The molecule has 3 fully saturated rings. The Balaban J connectivity index is 1.91. The summed E-state index contributed by atoms with van der Waals surface area (Å²) in [5, 5.41) is -0.375. The summed E-state index contributed by atoms with van der Waals surface area (Å²) >= 11 is 6.45. The quantitative estimate of drug-likeness (QED) is 0.637. The zero-order valence-corrected chi connectivity index (χ0v) is 11.8. The molecule has 2 aliphatic carbocycles. The maximum atomic E-state index is 12.5. The molecule has 2 saturated carbocycles. The molecule has 2 bridgehead atoms. The summed E-state index contributed by atoms with van der Waals surface area (Å²) in [6, 6.07) is 0. The lowest BCUT2D eigenvalue weighted by Crippen LogP contribution is -2.67. The molecule has 1 amide bonds. The van der Waals surface area contributed by atoms with E-state index in [9.17, 15) is 9.59 Å². The minimum atomic E-state index is -0.375. The average Bonchev–Trinajstić information content (AvgIpc) is 2.74. The molecule has 1 saturated heterocycles. The van der Waals surface area contributed by atoms with Crippen molar-refractivity contribution in [3.05, 3.63) is 11.6 Å². The molecule has 102 valence electrons. The van der Waals surface area contributed by atoms with Gasteiger partial charge in [-0.3, -0.25) is 9.59 Å². The molecule has 4 heteroatoms. The maximum Gasteiger partial charge on any atom is 0.223 e. The van der Waals surface area contributed by atoms with Crippen molar-refractivity contribution in [3.63, 3.8) is 0 Å². The summed E-state index contributed by atoms with van der Waals surface area (Å²) in [6.07, 6.45) is 5.47. The van der Waals surface area contributed by atoms with Gasteiger partial charge in [-0.25, -0.2) is 0 Å². The van der Waals surface area contributed by atoms with E-state index in [4.69, 9.17) is 11.6 Å². The van der Waals surface area contributed by atoms with E-state index >= 15 is 0 Å². The van der Waals surface area contributed by atoms with Crippen molar-refractivity contribution >= 4 is 23.3 Å². The number of nitrogens with zero attached hydrogens (tertiary/aromatic N) is 1. The van der Waals surface area contributed by atoms with Gasteiger partial charge in [-0.15, -0.1) is 11.6 Å². The van der Waals surface area contributed by atoms with Crippen LogP contribution >= 0.6 is 11.6 Å². The molecule has 19 heavy (non-hydrogen) atoms. The van der Waals surface area contributed by atoms with E-state index in [1.807, 2.05) is 11.0 Å². The van der Waals surface area contributed by atoms with Crippen LogP contribution in [0.1, 0.15) is 32.6 Å². The van der Waals surface area contributed by atoms with Crippen molar-refractivity contribution in [1.29, 1.82) is 0 Å². The van der Waals surface area contributed by atoms with Crippen LogP contribution in [0.15, 0.2) is 11.6 Å². The fourth-order valence-electron chi connectivity index (χ4n) is 5.21. The molecule has 0 aromatic rings. The highest BCUT2D eigenvalue weighted by atomic mass is 35.5. The minimum Gasteiger partial charge on any atom is -0.329 e. The number of carbonyl (C=O) groups excluding carboxylic acids is 2. The van der Waals surface area contributed by atoms with Gasteiger partial charge in [0.05, 0.1) is 10.9 Å². The summed E-state index contributed by atoms with van der Waals surface area (Å²) < 4.78 is 0. The molecule has 0 radical (unpaired) electrons. The molecule has 1 spiro atoms. The van der Waals surface area contributed by atoms with Crippen LogP contribution in [0, 0.1) is 17.8 Å². The van der Waals surface area contributed by atoms with Gasteiger partial charge in [0.1, 0.15) is 0 Å². The zero-order valence-electron chi connectivity index (χ0n) is 11.1. The highest BCUT2D eigenvalue weighted by Gasteiger charge is 2.65. The molecular formula is C15H18ClNO2. The molecule has 4 rings (SSSR count). The number of ketones is 1. The van der Waals surface area contributed by atoms with E-state index in [1.165, 1.54) is 0 Å². The van der Waals surface area contributed by atoms with E-state index in [1.54, 1.807) is 0 Å². The molecule has 5 atom stereocenters. The molecule has 0 aromatic heterocycles. The van der Waals surface area contributed by atoms with Gasteiger partial charge in [0.15, 0.2) is 5.78 Å². The maximum absolute atomic E-state index is 12.5. The number of hydrogen-bond acceptors (Lipinski definition) is 2. The number of piperidine rings is 1. The van der Waals surface area contributed by atoms with E-state index in [-0.39, 0.29) is 28.5 Å². The second-order valence-corrected chi connectivity index (χ2v) is 7.14. The summed E-state index contributed by atoms with van der Waals surface area (Å²) in [7, 11) is 0. The summed E-state index contributed by atoms with van der Waals surface area (Å²) in [5.41, 5.74) is 0.563. The van der Waals surface area contributed by atoms with Gasteiger partial charge in [0.2, 0.25) is 5.91 Å². The van der Waals surface area contributed by atoms with E-state index in [2.05, 4.69) is 6.92 Å². The second kappa shape index (κ2) is 3.63. The number of rotatable bonds is 0. The van der Waals surface area contributed by atoms with Crippen LogP contribution in [0.25, 0.3) is 0 Å². The molecule has 0 aromatic carbocycles. The van der Waals surface area contributed by atoms with Gasteiger partial charge in [0, 0.05) is 18.5 Å². The monoisotopic (exact) mass is 279 g/mol. The van der Waals surface area contributed by atoms with Crippen molar-refractivity contribution in [2.24, 2.45) is 17.8 Å². The van der Waals surface area contributed by atoms with E-state index in [0.29, 0.717) is 24.8 Å². The van der Waals surface area contributed by atoms with Crippen LogP contribution in [-0.2, 0) is 9.59 Å². The van der Waals surface area contributed by atoms with Gasteiger partial charge in [-0.2, -0.15) is 0 Å². The van der Waals surface area contributed by atoms with Gasteiger partial charge in [0.25, 0.3) is 0 Å². The number of Topliss-reactive ketones (excluding diaryl/α,β-unsaturated/α-hetero) is 1. The predicted octanol–water partition coefficient (Wildman–Crippen LogP) is 2.14. The molecular weight excluding hydrogens is 262 g/mol. The number of alkyl halides is 1. The molecule has 2 heterocycles. The first kappa shape index (κ1) is 12.0. The highest BCUT2D eigenvalue weighted by Crippen LogP contribution is 2.59. The normalized spacial score (nSPS) is 48.1. The first-order valence-corrected chi connectivity index (χ1v) is 7.68. The van der Waals surface area contributed by atoms with Crippen molar-refractivity contribution in [2.45, 2.75) is 43.5 Å². The first-order valence-electron chi connectivity index (χ1n) is 7.25. The third kappa shape index (κ3) is 1.25. The smallest absolute Gasteiger partial charge is 0.223 e. The standard InChI is InChI=1S/C15H18ClNO2/c1-8-6-9-10-2-3-12(18)17-5-4-11(14(19)13(9)16)15(10,17)7-8/h4,8-10,13H,2-3,5-7H2,1H3. The van der Waals surface area contributed by atoms with Crippen LogP contribution in [0.2, 0.25) is 0 Å². The van der Waals surface area contributed by atoms with Gasteiger partial charge < -0.3 is 4.90 Å². The second-order valence-electron chi connectivity index (χ2n) is 6.67. The van der Waals surface area contributed by atoms with Crippen LogP contribution in [-0.4, -0.2) is 34.1 Å². The van der Waals surface area contributed by atoms with Crippen LogP contribution < -0.4 is 0 Å².